The van der Waals surface area contributed by atoms with Gasteiger partial charge in [0.2, 0.25) is 0 Å². The first-order chi connectivity index (χ1) is 8.72. The molecule has 0 saturated heterocycles. The van der Waals surface area contributed by atoms with E-state index in [2.05, 4.69) is 10.6 Å². The van der Waals surface area contributed by atoms with E-state index in [1.807, 2.05) is 18.2 Å². The number of ether oxygens (including phenoxy) is 1. The molecule has 0 unspecified atom stereocenters. The van der Waals surface area contributed by atoms with Gasteiger partial charge >= 0.3 is 12.0 Å². The van der Waals surface area contributed by atoms with Crippen LogP contribution in [0.25, 0.3) is 0 Å². The molecule has 0 saturated carbocycles. The van der Waals surface area contributed by atoms with Crippen LogP contribution < -0.4 is 10.6 Å². The minimum Gasteiger partial charge on any atom is -0.466 e. The predicted molar refractivity (Wildman–Crippen MR) is 69.3 cm³/mol. The van der Waals surface area contributed by atoms with E-state index in [9.17, 15) is 9.59 Å². The molecule has 98 valence electrons. The number of esters is 1. The SMILES string of the molecule is CCOC(=O)CCCNC(=O)Nc1ccccc1. The Kier molecular flexibility index (Phi) is 6.32. The van der Waals surface area contributed by atoms with Gasteiger partial charge < -0.3 is 15.4 Å². The molecular formula is C13H18N2O3. The fourth-order valence-electron chi connectivity index (χ4n) is 1.36. The number of rotatable bonds is 6. The number of carbonyl (C=O) groups is 2. The van der Waals surface area contributed by atoms with Gasteiger partial charge in [-0.1, -0.05) is 18.2 Å². The first-order valence-corrected chi connectivity index (χ1v) is 5.98. The molecule has 2 N–H and O–H groups in total. The van der Waals surface area contributed by atoms with Crippen molar-refractivity contribution in [3.8, 4) is 0 Å². The van der Waals surface area contributed by atoms with Crippen molar-refractivity contribution < 1.29 is 14.3 Å². The van der Waals surface area contributed by atoms with Crippen LogP contribution in [0.1, 0.15) is 19.8 Å². The molecule has 0 aliphatic carbocycles. The summed E-state index contributed by atoms with van der Waals surface area (Å²) in [6.07, 6.45) is 0.889. The van der Waals surface area contributed by atoms with Crippen molar-refractivity contribution >= 4 is 17.7 Å². The van der Waals surface area contributed by atoms with Crippen LogP contribution in [-0.4, -0.2) is 25.2 Å². The molecule has 0 radical (unpaired) electrons. The summed E-state index contributed by atoms with van der Waals surface area (Å²) in [5, 5.41) is 5.36. The van der Waals surface area contributed by atoms with E-state index < -0.39 is 0 Å². The number of hydrogen-bond donors (Lipinski definition) is 2. The summed E-state index contributed by atoms with van der Waals surface area (Å²) in [7, 11) is 0. The van der Waals surface area contributed by atoms with Gasteiger partial charge in [-0.3, -0.25) is 4.79 Å². The summed E-state index contributed by atoms with van der Waals surface area (Å²) in [4.78, 5) is 22.5. The van der Waals surface area contributed by atoms with E-state index in [0.717, 1.165) is 5.69 Å². The van der Waals surface area contributed by atoms with Gasteiger partial charge in [-0.2, -0.15) is 0 Å². The number of hydrogen-bond acceptors (Lipinski definition) is 3. The lowest BCUT2D eigenvalue weighted by atomic mass is 10.3. The van der Waals surface area contributed by atoms with Gasteiger partial charge in [0.15, 0.2) is 0 Å². The second kappa shape index (κ2) is 8.11. The van der Waals surface area contributed by atoms with Gasteiger partial charge in [-0.15, -0.1) is 0 Å². The summed E-state index contributed by atoms with van der Waals surface area (Å²) in [6, 6.07) is 8.90. The second-order valence-corrected chi connectivity index (χ2v) is 3.66. The maximum atomic E-state index is 11.4. The second-order valence-electron chi connectivity index (χ2n) is 3.66. The lowest BCUT2D eigenvalue weighted by Gasteiger charge is -2.07. The third-order valence-electron chi connectivity index (χ3n) is 2.18. The van der Waals surface area contributed by atoms with Crippen LogP contribution in [0.5, 0.6) is 0 Å². The highest BCUT2D eigenvalue weighted by Gasteiger charge is 2.03. The van der Waals surface area contributed by atoms with Crippen LogP contribution in [-0.2, 0) is 9.53 Å². The van der Waals surface area contributed by atoms with Crippen molar-refractivity contribution in [1.29, 1.82) is 0 Å². The van der Waals surface area contributed by atoms with E-state index in [4.69, 9.17) is 4.74 Å². The maximum absolute atomic E-state index is 11.4. The minimum absolute atomic E-state index is 0.234. The Hall–Kier alpha value is -2.04. The Labute approximate surface area is 107 Å². The van der Waals surface area contributed by atoms with Crippen LogP contribution >= 0.6 is 0 Å². The van der Waals surface area contributed by atoms with E-state index in [1.54, 1.807) is 19.1 Å². The molecule has 0 fully saturated rings. The molecule has 0 bridgehead atoms. The molecule has 0 aliphatic heterocycles. The van der Waals surface area contributed by atoms with Crippen molar-refractivity contribution in [3.63, 3.8) is 0 Å². The quantitative estimate of drug-likeness (QED) is 0.600. The van der Waals surface area contributed by atoms with Gasteiger partial charge in [0, 0.05) is 18.7 Å². The number of urea groups is 1. The van der Waals surface area contributed by atoms with E-state index in [0.29, 0.717) is 26.0 Å². The van der Waals surface area contributed by atoms with Crippen molar-refractivity contribution in [2.75, 3.05) is 18.5 Å². The molecule has 0 atom stereocenters. The topological polar surface area (TPSA) is 67.4 Å². The zero-order chi connectivity index (χ0) is 13.2. The van der Waals surface area contributed by atoms with Crippen molar-refractivity contribution in [3.05, 3.63) is 30.3 Å². The molecule has 18 heavy (non-hydrogen) atoms. The number of nitrogens with one attached hydrogen (secondary N) is 2. The summed E-state index contributed by atoms with van der Waals surface area (Å²) < 4.78 is 4.78. The molecule has 0 aromatic heterocycles. The summed E-state index contributed by atoms with van der Waals surface area (Å²) in [6.45, 7) is 2.60. The molecule has 0 heterocycles. The monoisotopic (exact) mass is 250 g/mol. The lowest BCUT2D eigenvalue weighted by Crippen LogP contribution is -2.29. The molecule has 2 amide bonds. The van der Waals surface area contributed by atoms with Crippen LogP contribution in [0, 0.1) is 0 Å². The van der Waals surface area contributed by atoms with Crippen molar-refractivity contribution in [1.82, 2.24) is 5.32 Å². The smallest absolute Gasteiger partial charge is 0.319 e. The molecule has 5 heteroatoms. The van der Waals surface area contributed by atoms with Gasteiger partial charge in [0.1, 0.15) is 0 Å². The maximum Gasteiger partial charge on any atom is 0.319 e. The van der Waals surface area contributed by atoms with Crippen molar-refractivity contribution in [2.24, 2.45) is 0 Å². The molecule has 5 nitrogen and oxygen atoms in total. The average molecular weight is 250 g/mol. The van der Waals surface area contributed by atoms with Crippen LogP contribution in [0.2, 0.25) is 0 Å². The highest BCUT2D eigenvalue weighted by molar-refractivity contribution is 5.89. The first-order valence-electron chi connectivity index (χ1n) is 5.98. The van der Waals surface area contributed by atoms with Crippen LogP contribution in [0.4, 0.5) is 10.5 Å². The third-order valence-corrected chi connectivity index (χ3v) is 2.18. The minimum atomic E-state index is -0.273. The Bertz CT molecular complexity index is 379. The van der Waals surface area contributed by atoms with E-state index in [-0.39, 0.29) is 12.0 Å². The van der Waals surface area contributed by atoms with E-state index in [1.165, 1.54) is 0 Å². The molecule has 0 aliphatic rings. The van der Waals surface area contributed by atoms with Gasteiger partial charge in [0.25, 0.3) is 0 Å². The highest BCUT2D eigenvalue weighted by Crippen LogP contribution is 2.04. The largest absolute Gasteiger partial charge is 0.466 e. The summed E-state index contributed by atoms with van der Waals surface area (Å²) >= 11 is 0. The molecule has 1 aromatic rings. The van der Waals surface area contributed by atoms with Crippen molar-refractivity contribution in [2.45, 2.75) is 19.8 Å². The highest BCUT2D eigenvalue weighted by atomic mass is 16.5. The lowest BCUT2D eigenvalue weighted by molar-refractivity contribution is -0.143. The summed E-state index contributed by atoms with van der Waals surface area (Å²) in [5.41, 5.74) is 0.736. The normalized spacial score (nSPS) is 9.61. The molecule has 1 aromatic carbocycles. The van der Waals surface area contributed by atoms with Gasteiger partial charge in [-0.05, 0) is 25.5 Å². The Morgan fingerprint density at radius 2 is 1.94 bits per heavy atom. The van der Waals surface area contributed by atoms with Gasteiger partial charge in [-0.25, -0.2) is 4.79 Å². The Morgan fingerprint density at radius 3 is 2.61 bits per heavy atom. The van der Waals surface area contributed by atoms with Crippen LogP contribution in [0.15, 0.2) is 30.3 Å². The molecular weight excluding hydrogens is 232 g/mol. The zero-order valence-electron chi connectivity index (χ0n) is 10.4. The molecule has 1 rings (SSSR count). The number of amides is 2. The zero-order valence-corrected chi connectivity index (χ0v) is 10.4. The number of benzene rings is 1. The number of anilines is 1. The van der Waals surface area contributed by atoms with Gasteiger partial charge in [0.05, 0.1) is 6.61 Å². The van der Waals surface area contributed by atoms with Crippen LogP contribution in [0.3, 0.4) is 0 Å². The first kappa shape index (κ1) is 14.0. The number of para-hydroxylation sites is 1. The fraction of sp³-hybridized carbons (Fsp3) is 0.385. The summed E-state index contributed by atoms with van der Waals surface area (Å²) in [5.74, 6) is -0.234. The average Bonchev–Trinajstić information content (AvgIpc) is 2.36. The van der Waals surface area contributed by atoms with E-state index >= 15 is 0 Å². The number of carbonyl (C=O) groups excluding carboxylic acids is 2. The Morgan fingerprint density at radius 1 is 1.22 bits per heavy atom. The Balaban J connectivity index is 2.12. The molecule has 0 spiro atoms. The standard InChI is InChI=1S/C13H18N2O3/c1-2-18-12(16)9-6-10-14-13(17)15-11-7-4-3-5-8-11/h3-5,7-8H,2,6,9-10H2,1H3,(H2,14,15,17). The fourth-order valence-corrected chi connectivity index (χ4v) is 1.36. The third kappa shape index (κ3) is 5.89. The predicted octanol–water partition coefficient (Wildman–Crippen LogP) is 2.15.